The number of carbonyl (C=O) groups is 1. The number of para-hydroxylation sites is 1. The Bertz CT molecular complexity index is 1070. The summed E-state index contributed by atoms with van der Waals surface area (Å²) in [6, 6.07) is 15.0. The Morgan fingerprint density at radius 2 is 1.86 bits per heavy atom. The lowest BCUT2D eigenvalue weighted by molar-refractivity contribution is 0.0952. The number of methoxy groups -OCH3 is 2. The van der Waals surface area contributed by atoms with E-state index in [9.17, 15) is 4.79 Å². The average Bonchev–Trinajstić information content (AvgIpc) is 3.01. The van der Waals surface area contributed by atoms with E-state index in [1.165, 1.54) is 7.11 Å². The van der Waals surface area contributed by atoms with Crippen LogP contribution < -0.4 is 14.9 Å². The number of amides is 1. The summed E-state index contributed by atoms with van der Waals surface area (Å²) >= 11 is 3.60. The minimum atomic E-state index is -0.361. The zero-order valence-electron chi connectivity index (χ0n) is 16.7. The molecule has 2 aromatic carbocycles. The van der Waals surface area contributed by atoms with Crippen molar-refractivity contribution in [3.05, 3.63) is 75.5 Å². The highest BCUT2D eigenvalue weighted by Gasteiger charge is 2.14. The number of hydrogen-bond donors (Lipinski definition) is 1. The lowest BCUT2D eigenvalue weighted by Gasteiger charge is -2.11. The first-order valence-electron chi connectivity index (χ1n) is 8.95. The maximum absolute atomic E-state index is 12.5. The van der Waals surface area contributed by atoms with Crippen molar-refractivity contribution >= 4 is 28.1 Å². The number of halogens is 1. The van der Waals surface area contributed by atoms with Crippen molar-refractivity contribution in [2.45, 2.75) is 13.8 Å². The van der Waals surface area contributed by atoms with Gasteiger partial charge in [-0.2, -0.15) is 5.10 Å². The standard InChI is InChI=1S/C22H22BrN3O3/c1-14-11-16(15(2)26(14)20-8-6-5-7-19(20)23)13-24-25-22(27)18-10-9-17(28-3)12-21(18)29-4/h5-13H,1-4H3,(H,25,27)/b24-13-. The lowest BCUT2D eigenvalue weighted by atomic mass is 10.2. The first-order chi connectivity index (χ1) is 14.0. The second-order valence-corrected chi connectivity index (χ2v) is 7.23. The van der Waals surface area contributed by atoms with Gasteiger partial charge in [0, 0.05) is 27.5 Å². The molecular formula is C22H22BrN3O3. The Morgan fingerprint density at radius 3 is 2.55 bits per heavy atom. The number of hydrogen-bond acceptors (Lipinski definition) is 4. The predicted octanol–water partition coefficient (Wildman–Crippen LogP) is 4.64. The molecule has 1 amide bonds. The third-order valence-corrected chi connectivity index (χ3v) is 5.26. The van der Waals surface area contributed by atoms with Crippen molar-refractivity contribution in [2.24, 2.45) is 5.10 Å². The van der Waals surface area contributed by atoms with E-state index in [0.717, 1.165) is 27.1 Å². The van der Waals surface area contributed by atoms with Gasteiger partial charge in [0.25, 0.3) is 5.91 Å². The molecule has 0 bridgehead atoms. The molecular weight excluding hydrogens is 434 g/mol. The quantitative estimate of drug-likeness (QED) is 0.434. The van der Waals surface area contributed by atoms with Crippen LogP contribution in [0.2, 0.25) is 0 Å². The summed E-state index contributed by atoms with van der Waals surface area (Å²) < 4.78 is 13.6. The van der Waals surface area contributed by atoms with Crippen LogP contribution in [0, 0.1) is 13.8 Å². The van der Waals surface area contributed by atoms with E-state index in [2.05, 4.69) is 31.0 Å². The number of aryl methyl sites for hydroxylation is 1. The Kier molecular flexibility index (Phi) is 6.39. The molecule has 1 heterocycles. The fourth-order valence-corrected chi connectivity index (χ4v) is 3.59. The van der Waals surface area contributed by atoms with Gasteiger partial charge in [-0.15, -0.1) is 0 Å². The van der Waals surface area contributed by atoms with Crippen LogP contribution in [0.5, 0.6) is 11.5 Å². The van der Waals surface area contributed by atoms with E-state index in [1.54, 1.807) is 31.5 Å². The number of hydrazone groups is 1. The SMILES string of the molecule is COc1ccc(C(=O)N/N=C\c2cc(C)n(-c3ccccc3Br)c2C)c(OC)c1. The smallest absolute Gasteiger partial charge is 0.275 e. The van der Waals surface area contributed by atoms with E-state index < -0.39 is 0 Å². The van der Waals surface area contributed by atoms with E-state index in [1.807, 2.05) is 44.2 Å². The molecule has 3 rings (SSSR count). The van der Waals surface area contributed by atoms with Crippen LogP contribution >= 0.6 is 15.9 Å². The summed E-state index contributed by atoms with van der Waals surface area (Å²) in [7, 11) is 3.06. The molecule has 0 spiro atoms. The van der Waals surface area contributed by atoms with E-state index in [-0.39, 0.29) is 5.91 Å². The fraction of sp³-hybridized carbons (Fsp3) is 0.182. The van der Waals surface area contributed by atoms with Gasteiger partial charge >= 0.3 is 0 Å². The molecule has 0 unspecified atom stereocenters. The Labute approximate surface area is 178 Å². The second kappa shape index (κ2) is 8.96. The minimum Gasteiger partial charge on any atom is -0.497 e. The number of ether oxygens (including phenoxy) is 2. The van der Waals surface area contributed by atoms with Crippen LogP contribution in [-0.4, -0.2) is 30.9 Å². The van der Waals surface area contributed by atoms with E-state index >= 15 is 0 Å². The summed E-state index contributed by atoms with van der Waals surface area (Å²) in [6.07, 6.45) is 1.64. The Hall–Kier alpha value is -3.06. The third-order valence-electron chi connectivity index (χ3n) is 4.59. The molecule has 0 aliphatic heterocycles. The van der Waals surface area contributed by atoms with Crippen molar-refractivity contribution in [3.8, 4) is 17.2 Å². The average molecular weight is 456 g/mol. The molecule has 0 aliphatic carbocycles. The first kappa shape index (κ1) is 20.7. The molecule has 29 heavy (non-hydrogen) atoms. The molecule has 0 saturated carbocycles. The van der Waals surface area contributed by atoms with Gasteiger partial charge in [-0.25, -0.2) is 5.43 Å². The summed E-state index contributed by atoms with van der Waals surface area (Å²) in [5.41, 5.74) is 6.99. The number of nitrogens with one attached hydrogen (secondary N) is 1. The van der Waals surface area contributed by atoms with Crippen LogP contribution in [0.25, 0.3) is 5.69 Å². The number of nitrogens with zero attached hydrogens (tertiary/aromatic N) is 2. The normalized spacial score (nSPS) is 10.9. The lowest BCUT2D eigenvalue weighted by Crippen LogP contribution is -2.18. The van der Waals surface area contributed by atoms with Gasteiger partial charge in [-0.05, 0) is 60.1 Å². The van der Waals surface area contributed by atoms with Crippen LogP contribution in [0.3, 0.4) is 0 Å². The molecule has 1 N–H and O–H groups in total. The molecule has 7 heteroatoms. The third kappa shape index (κ3) is 4.35. The monoisotopic (exact) mass is 455 g/mol. The predicted molar refractivity (Wildman–Crippen MR) is 118 cm³/mol. The zero-order valence-corrected chi connectivity index (χ0v) is 18.3. The molecule has 0 fully saturated rings. The number of benzene rings is 2. The molecule has 1 aromatic heterocycles. The van der Waals surface area contributed by atoms with Gasteiger partial charge in [-0.1, -0.05) is 12.1 Å². The fourth-order valence-electron chi connectivity index (χ4n) is 3.13. The van der Waals surface area contributed by atoms with Gasteiger partial charge < -0.3 is 14.0 Å². The van der Waals surface area contributed by atoms with Gasteiger partial charge in [-0.3, -0.25) is 4.79 Å². The highest BCUT2D eigenvalue weighted by atomic mass is 79.9. The minimum absolute atomic E-state index is 0.361. The van der Waals surface area contributed by atoms with Crippen molar-refractivity contribution in [3.63, 3.8) is 0 Å². The van der Waals surface area contributed by atoms with Crippen molar-refractivity contribution < 1.29 is 14.3 Å². The highest BCUT2D eigenvalue weighted by Crippen LogP contribution is 2.26. The largest absolute Gasteiger partial charge is 0.497 e. The molecule has 6 nitrogen and oxygen atoms in total. The van der Waals surface area contributed by atoms with Gasteiger partial charge in [0.15, 0.2) is 0 Å². The summed E-state index contributed by atoms with van der Waals surface area (Å²) in [5.74, 6) is 0.672. The zero-order chi connectivity index (χ0) is 21.0. The topological polar surface area (TPSA) is 64.8 Å². The number of aromatic nitrogens is 1. The van der Waals surface area contributed by atoms with Crippen molar-refractivity contribution in [1.82, 2.24) is 9.99 Å². The molecule has 0 aliphatic rings. The van der Waals surface area contributed by atoms with Crippen molar-refractivity contribution in [2.75, 3.05) is 14.2 Å². The maximum atomic E-state index is 12.5. The molecule has 150 valence electrons. The maximum Gasteiger partial charge on any atom is 0.275 e. The van der Waals surface area contributed by atoms with E-state index in [0.29, 0.717) is 17.1 Å². The number of rotatable bonds is 6. The molecule has 0 saturated heterocycles. The van der Waals surface area contributed by atoms with E-state index in [4.69, 9.17) is 9.47 Å². The Balaban J connectivity index is 1.81. The van der Waals surface area contributed by atoms with Gasteiger partial charge in [0.05, 0.1) is 31.7 Å². The summed E-state index contributed by atoms with van der Waals surface area (Å²) in [6.45, 7) is 4.05. The second-order valence-electron chi connectivity index (χ2n) is 6.38. The Morgan fingerprint density at radius 1 is 1.10 bits per heavy atom. The van der Waals surface area contributed by atoms with Crippen LogP contribution in [0.1, 0.15) is 27.3 Å². The highest BCUT2D eigenvalue weighted by molar-refractivity contribution is 9.10. The molecule has 0 atom stereocenters. The van der Waals surface area contributed by atoms with Crippen LogP contribution in [0.15, 0.2) is 58.1 Å². The summed E-state index contributed by atoms with van der Waals surface area (Å²) in [5, 5.41) is 4.13. The molecule has 3 aromatic rings. The van der Waals surface area contributed by atoms with Gasteiger partial charge in [0.2, 0.25) is 0 Å². The molecule has 0 radical (unpaired) electrons. The van der Waals surface area contributed by atoms with Gasteiger partial charge in [0.1, 0.15) is 11.5 Å². The van der Waals surface area contributed by atoms with Crippen molar-refractivity contribution in [1.29, 1.82) is 0 Å². The number of carbonyl (C=O) groups excluding carboxylic acids is 1. The van der Waals surface area contributed by atoms with Crippen LogP contribution in [-0.2, 0) is 0 Å². The van der Waals surface area contributed by atoms with Crippen LogP contribution in [0.4, 0.5) is 0 Å². The summed E-state index contributed by atoms with van der Waals surface area (Å²) in [4.78, 5) is 12.5. The first-order valence-corrected chi connectivity index (χ1v) is 9.74.